The van der Waals surface area contributed by atoms with Gasteiger partial charge in [0.05, 0.1) is 13.0 Å². The molecule has 0 bridgehead atoms. The second kappa shape index (κ2) is 8.97. The number of carbonyl (C=O) groups excluding carboxylic acids is 1. The third kappa shape index (κ3) is 6.76. The number of nitrogens with zero attached hydrogens (tertiary/aromatic N) is 1. The molecule has 1 aromatic rings. The topological polar surface area (TPSA) is 76.1 Å². The highest BCUT2D eigenvalue weighted by Crippen LogP contribution is 2.11. The lowest BCUT2D eigenvalue weighted by molar-refractivity contribution is -0.139. The maximum absolute atomic E-state index is 12.1. The Morgan fingerprint density at radius 2 is 1.86 bits per heavy atom. The first-order chi connectivity index (χ1) is 10.0. The highest BCUT2D eigenvalue weighted by molar-refractivity contribution is 5.78. The summed E-state index contributed by atoms with van der Waals surface area (Å²) in [6.07, 6.45) is -0.0972. The van der Waals surface area contributed by atoms with Crippen LogP contribution in [-0.2, 0) is 14.3 Å². The van der Waals surface area contributed by atoms with Gasteiger partial charge in [-0.05, 0) is 19.1 Å². The predicted molar refractivity (Wildman–Crippen MR) is 77.4 cm³/mol. The molecule has 0 saturated heterocycles. The second-order valence-electron chi connectivity index (χ2n) is 4.62. The van der Waals surface area contributed by atoms with E-state index >= 15 is 0 Å². The number of aryl methyl sites for hydroxylation is 1. The number of carboxylic acids is 1. The van der Waals surface area contributed by atoms with Crippen molar-refractivity contribution in [1.29, 1.82) is 0 Å². The van der Waals surface area contributed by atoms with Crippen molar-refractivity contribution in [3.05, 3.63) is 29.8 Å². The van der Waals surface area contributed by atoms with Crippen LogP contribution in [0.1, 0.15) is 12.0 Å². The smallest absolute Gasteiger partial charge is 0.305 e. The normalized spacial score (nSPS) is 10.2. The fraction of sp³-hybridized carbons (Fsp3) is 0.467. The van der Waals surface area contributed by atoms with Gasteiger partial charge in [0.1, 0.15) is 5.75 Å². The lowest BCUT2D eigenvalue weighted by Gasteiger charge is -2.21. The van der Waals surface area contributed by atoms with Gasteiger partial charge < -0.3 is 19.5 Å². The van der Waals surface area contributed by atoms with Crippen LogP contribution in [0, 0.1) is 6.92 Å². The van der Waals surface area contributed by atoms with Crippen molar-refractivity contribution < 1.29 is 24.2 Å². The fourth-order valence-corrected chi connectivity index (χ4v) is 1.66. The van der Waals surface area contributed by atoms with E-state index < -0.39 is 5.97 Å². The molecule has 0 unspecified atom stereocenters. The summed E-state index contributed by atoms with van der Waals surface area (Å²) in [7, 11) is 1.53. The summed E-state index contributed by atoms with van der Waals surface area (Å²) >= 11 is 0. The van der Waals surface area contributed by atoms with E-state index in [0.29, 0.717) is 18.9 Å². The molecule has 1 N–H and O–H groups in total. The van der Waals surface area contributed by atoms with Crippen molar-refractivity contribution in [2.75, 3.05) is 33.4 Å². The van der Waals surface area contributed by atoms with Gasteiger partial charge in [-0.25, -0.2) is 0 Å². The number of carbonyl (C=O) groups is 2. The zero-order chi connectivity index (χ0) is 15.7. The number of methoxy groups -OCH3 is 1. The average molecular weight is 295 g/mol. The van der Waals surface area contributed by atoms with Gasteiger partial charge in [0, 0.05) is 20.2 Å². The van der Waals surface area contributed by atoms with E-state index in [-0.39, 0.29) is 25.5 Å². The molecule has 0 aliphatic carbocycles. The van der Waals surface area contributed by atoms with Crippen LogP contribution in [0.3, 0.4) is 0 Å². The molecule has 0 radical (unpaired) electrons. The summed E-state index contributed by atoms with van der Waals surface area (Å²) in [6, 6.07) is 7.37. The van der Waals surface area contributed by atoms with Crippen molar-refractivity contribution >= 4 is 11.9 Å². The maximum Gasteiger partial charge on any atom is 0.305 e. The Balaban J connectivity index is 2.50. The molecule has 21 heavy (non-hydrogen) atoms. The minimum atomic E-state index is -0.940. The van der Waals surface area contributed by atoms with Crippen LogP contribution in [0.4, 0.5) is 0 Å². The number of hydrogen-bond acceptors (Lipinski definition) is 4. The van der Waals surface area contributed by atoms with Crippen LogP contribution in [0.2, 0.25) is 0 Å². The molecule has 0 atom stereocenters. The largest absolute Gasteiger partial charge is 0.484 e. The highest BCUT2D eigenvalue weighted by Gasteiger charge is 2.15. The molecular weight excluding hydrogens is 274 g/mol. The lowest BCUT2D eigenvalue weighted by atomic mass is 10.2. The van der Waals surface area contributed by atoms with Crippen LogP contribution >= 0.6 is 0 Å². The Bertz CT molecular complexity index is 458. The monoisotopic (exact) mass is 295 g/mol. The summed E-state index contributed by atoms with van der Waals surface area (Å²) in [5.74, 6) is -0.586. The molecule has 0 aliphatic heterocycles. The predicted octanol–water partition coefficient (Wildman–Crippen LogP) is 1.32. The van der Waals surface area contributed by atoms with E-state index in [9.17, 15) is 9.59 Å². The Morgan fingerprint density at radius 1 is 1.19 bits per heavy atom. The average Bonchev–Trinajstić information content (AvgIpc) is 2.46. The van der Waals surface area contributed by atoms with Crippen molar-refractivity contribution in [1.82, 2.24) is 4.90 Å². The van der Waals surface area contributed by atoms with E-state index in [1.54, 1.807) is 12.1 Å². The van der Waals surface area contributed by atoms with E-state index in [1.807, 2.05) is 19.1 Å². The summed E-state index contributed by atoms with van der Waals surface area (Å²) in [5.41, 5.74) is 1.11. The number of amides is 1. The number of rotatable bonds is 9. The number of benzene rings is 1. The first-order valence-corrected chi connectivity index (χ1v) is 6.71. The van der Waals surface area contributed by atoms with Gasteiger partial charge in [-0.15, -0.1) is 0 Å². The Morgan fingerprint density at radius 3 is 2.43 bits per heavy atom. The minimum Gasteiger partial charge on any atom is -0.484 e. The van der Waals surface area contributed by atoms with Gasteiger partial charge in [0.15, 0.2) is 6.61 Å². The number of carboxylic acid groups (broad SMARTS) is 1. The molecule has 0 spiro atoms. The third-order valence-corrected chi connectivity index (χ3v) is 2.90. The first kappa shape index (κ1) is 17.0. The van der Waals surface area contributed by atoms with Gasteiger partial charge in [0.2, 0.25) is 0 Å². The number of hydrogen-bond donors (Lipinski definition) is 1. The van der Waals surface area contributed by atoms with Gasteiger partial charge in [-0.1, -0.05) is 17.7 Å². The zero-order valence-electron chi connectivity index (χ0n) is 12.4. The fourth-order valence-electron chi connectivity index (χ4n) is 1.66. The molecule has 6 heteroatoms. The van der Waals surface area contributed by atoms with Crippen molar-refractivity contribution in [2.24, 2.45) is 0 Å². The third-order valence-electron chi connectivity index (χ3n) is 2.90. The second-order valence-corrected chi connectivity index (χ2v) is 4.62. The SMILES string of the molecule is COCCN(CCC(=O)O)C(=O)COc1ccc(C)cc1. The van der Waals surface area contributed by atoms with E-state index in [0.717, 1.165) is 5.56 Å². The highest BCUT2D eigenvalue weighted by atomic mass is 16.5. The molecule has 0 saturated carbocycles. The van der Waals surface area contributed by atoms with Crippen molar-refractivity contribution in [3.63, 3.8) is 0 Å². The lowest BCUT2D eigenvalue weighted by Crippen LogP contribution is -2.38. The van der Waals surface area contributed by atoms with Crippen LogP contribution in [-0.4, -0.2) is 55.3 Å². The molecule has 116 valence electrons. The van der Waals surface area contributed by atoms with Gasteiger partial charge in [-0.2, -0.15) is 0 Å². The van der Waals surface area contributed by atoms with Crippen LogP contribution < -0.4 is 4.74 Å². The number of aliphatic carboxylic acids is 1. The Kier molecular flexibility index (Phi) is 7.25. The van der Waals surface area contributed by atoms with E-state index in [2.05, 4.69) is 0 Å². The van der Waals surface area contributed by atoms with Crippen LogP contribution in [0.15, 0.2) is 24.3 Å². The standard InChI is InChI=1S/C15H21NO5/c1-12-3-5-13(6-4-12)21-11-14(17)16(9-10-20-2)8-7-15(18)19/h3-6H,7-11H2,1-2H3,(H,18,19). The summed E-state index contributed by atoms with van der Waals surface area (Å²) < 4.78 is 10.3. The molecule has 1 amide bonds. The molecular formula is C15H21NO5. The molecule has 6 nitrogen and oxygen atoms in total. The van der Waals surface area contributed by atoms with Crippen molar-refractivity contribution in [2.45, 2.75) is 13.3 Å². The molecule has 0 aliphatic rings. The van der Waals surface area contributed by atoms with E-state index in [4.69, 9.17) is 14.6 Å². The maximum atomic E-state index is 12.1. The summed E-state index contributed by atoms with van der Waals surface area (Å²) in [5, 5.41) is 8.70. The van der Waals surface area contributed by atoms with Crippen molar-refractivity contribution in [3.8, 4) is 5.75 Å². The quantitative estimate of drug-likeness (QED) is 0.743. The molecule has 0 aromatic heterocycles. The van der Waals surface area contributed by atoms with Gasteiger partial charge >= 0.3 is 5.97 Å². The Labute approximate surface area is 124 Å². The molecule has 1 aromatic carbocycles. The minimum absolute atomic E-state index is 0.0972. The molecule has 0 heterocycles. The van der Waals surface area contributed by atoms with Gasteiger partial charge in [0.25, 0.3) is 5.91 Å². The number of ether oxygens (including phenoxy) is 2. The van der Waals surface area contributed by atoms with Crippen LogP contribution in [0.5, 0.6) is 5.75 Å². The van der Waals surface area contributed by atoms with Gasteiger partial charge in [-0.3, -0.25) is 9.59 Å². The molecule has 1 rings (SSSR count). The summed E-state index contributed by atoms with van der Waals surface area (Å²) in [6.45, 7) is 2.70. The van der Waals surface area contributed by atoms with E-state index in [1.165, 1.54) is 12.0 Å². The van der Waals surface area contributed by atoms with Crippen LogP contribution in [0.25, 0.3) is 0 Å². The first-order valence-electron chi connectivity index (χ1n) is 6.71. The molecule has 0 fully saturated rings. The summed E-state index contributed by atoms with van der Waals surface area (Å²) in [4.78, 5) is 24.1. The Hall–Kier alpha value is -2.08. The zero-order valence-corrected chi connectivity index (χ0v) is 12.4.